The first kappa shape index (κ1) is 15.0. The quantitative estimate of drug-likeness (QED) is 0.862. The number of likely N-dealkylation sites (N-methyl/N-ethyl adjacent to an activating group) is 1. The van der Waals surface area contributed by atoms with Crippen LogP contribution < -0.4 is 10.6 Å². The van der Waals surface area contributed by atoms with Crippen LogP contribution in [0.3, 0.4) is 0 Å². The van der Waals surface area contributed by atoms with Crippen LogP contribution in [0.4, 0.5) is 5.00 Å². The van der Waals surface area contributed by atoms with Crippen LogP contribution in [-0.2, 0) is 4.79 Å². The Bertz CT molecular complexity index is 542. The highest BCUT2D eigenvalue weighted by molar-refractivity contribution is 7.16. The van der Waals surface area contributed by atoms with Crippen molar-refractivity contribution < 1.29 is 4.79 Å². The Morgan fingerprint density at radius 1 is 1.55 bits per heavy atom. The zero-order valence-electron chi connectivity index (χ0n) is 12.1. The topological polar surface area (TPSA) is 68.2 Å². The first-order valence-corrected chi connectivity index (χ1v) is 7.63. The first-order chi connectivity index (χ1) is 9.56. The van der Waals surface area contributed by atoms with Crippen molar-refractivity contribution in [2.75, 3.05) is 31.5 Å². The standard InChI is InChI=1S/C14H20N4OS/c1-4-18(11-6-16-7-11)8-13(19)17-14-12(5-15)9(2)10(3)20-14/h11,16H,4,6-8H2,1-3H3,(H,17,19). The summed E-state index contributed by atoms with van der Waals surface area (Å²) in [4.78, 5) is 15.4. The van der Waals surface area contributed by atoms with Crippen LogP contribution in [-0.4, -0.2) is 43.0 Å². The summed E-state index contributed by atoms with van der Waals surface area (Å²) in [5, 5.41) is 16.0. The van der Waals surface area contributed by atoms with Gasteiger partial charge in [0.05, 0.1) is 12.1 Å². The van der Waals surface area contributed by atoms with Crippen molar-refractivity contribution in [3.8, 4) is 6.07 Å². The Morgan fingerprint density at radius 3 is 2.75 bits per heavy atom. The van der Waals surface area contributed by atoms with Gasteiger partial charge in [0.1, 0.15) is 11.1 Å². The second-order valence-corrected chi connectivity index (χ2v) is 6.25. The minimum Gasteiger partial charge on any atom is -0.315 e. The third-order valence-electron chi connectivity index (χ3n) is 3.78. The van der Waals surface area contributed by atoms with Gasteiger partial charge in [-0.3, -0.25) is 9.69 Å². The number of carbonyl (C=O) groups is 1. The van der Waals surface area contributed by atoms with Gasteiger partial charge < -0.3 is 10.6 Å². The Hall–Kier alpha value is -1.42. The lowest BCUT2D eigenvalue weighted by Crippen LogP contribution is -2.58. The lowest BCUT2D eigenvalue weighted by Gasteiger charge is -2.37. The van der Waals surface area contributed by atoms with E-state index in [2.05, 4.69) is 28.5 Å². The minimum atomic E-state index is -0.0449. The number of carbonyl (C=O) groups excluding carboxylic acids is 1. The van der Waals surface area contributed by atoms with Gasteiger partial charge in [-0.1, -0.05) is 6.92 Å². The van der Waals surface area contributed by atoms with Gasteiger partial charge in [-0.05, 0) is 26.0 Å². The first-order valence-electron chi connectivity index (χ1n) is 6.81. The zero-order chi connectivity index (χ0) is 14.7. The molecule has 0 aromatic carbocycles. The van der Waals surface area contributed by atoms with Crippen molar-refractivity contribution >= 4 is 22.2 Å². The van der Waals surface area contributed by atoms with Gasteiger partial charge in [0.15, 0.2) is 0 Å². The van der Waals surface area contributed by atoms with Gasteiger partial charge in [-0.25, -0.2) is 0 Å². The average molecular weight is 292 g/mol. The van der Waals surface area contributed by atoms with E-state index in [1.54, 1.807) is 0 Å². The Balaban J connectivity index is 2.01. The van der Waals surface area contributed by atoms with Crippen molar-refractivity contribution in [3.05, 3.63) is 16.0 Å². The van der Waals surface area contributed by atoms with Crippen molar-refractivity contribution in [3.63, 3.8) is 0 Å². The highest BCUT2D eigenvalue weighted by Gasteiger charge is 2.25. The summed E-state index contributed by atoms with van der Waals surface area (Å²) in [5.74, 6) is -0.0449. The highest BCUT2D eigenvalue weighted by Crippen LogP contribution is 2.31. The molecule has 2 heterocycles. The Labute approximate surface area is 123 Å². The van der Waals surface area contributed by atoms with E-state index >= 15 is 0 Å². The molecule has 0 atom stereocenters. The van der Waals surface area contributed by atoms with E-state index in [0.717, 1.165) is 30.1 Å². The fraction of sp³-hybridized carbons (Fsp3) is 0.571. The molecule has 1 aromatic heterocycles. The van der Waals surface area contributed by atoms with Crippen LogP contribution in [0.15, 0.2) is 0 Å². The molecule has 2 rings (SSSR count). The molecule has 1 aromatic rings. The summed E-state index contributed by atoms with van der Waals surface area (Å²) in [6, 6.07) is 2.63. The molecule has 1 saturated heterocycles. The van der Waals surface area contributed by atoms with Crippen molar-refractivity contribution in [1.82, 2.24) is 10.2 Å². The van der Waals surface area contributed by atoms with Gasteiger partial charge in [0.25, 0.3) is 0 Å². The van der Waals surface area contributed by atoms with Crippen LogP contribution in [0.1, 0.15) is 22.9 Å². The summed E-state index contributed by atoms with van der Waals surface area (Å²) < 4.78 is 0. The van der Waals surface area contributed by atoms with Crippen molar-refractivity contribution in [1.29, 1.82) is 5.26 Å². The van der Waals surface area contributed by atoms with E-state index in [1.807, 2.05) is 13.8 Å². The second-order valence-electron chi connectivity index (χ2n) is 5.02. The van der Waals surface area contributed by atoms with Gasteiger partial charge in [-0.2, -0.15) is 5.26 Å². The molecule has 1 fully saturated rings. The minimum absolute atomic E-state index is 0.0449. The van der Waals surface area contributed by atoms with E-state index in [-0.39, 0.29) is 5.91 Å². The molecule has 108 valence electrons. The molecule has 0 unspecified atom stereocenters. The Kier molecular flexibility index (Phi) is 4.76. The van der Waals surface area contributed by atoms with Crippen LogP contribution in [0, 0.1) is 25.2 Å². The third-order valence-corrected chi connectivity index (χ3v) is 4.90. The molecular formula is C14H20N4OS. The van der Waals surface area contributed by atoms with E-state index in [9.17, 15) is 10.1 Å². The number of hydrogen-bond donors (Lipinski definition) is 2. The lowest BCUT2D eigenvalue weighted by molar-refractivity contribution is -0.118. The third kappa shape index (κ3) is 3.01. The molecule has 1 aliphatic rings. The molecule has 2 N–H and O–H groups in total. The van der Waals surface area contributed by atoms with Crippen LogP contribution in [0.5, 0.6) is 0 Å². The molecule has 0 radical (unpaired) electrons. The summed E-state index contributed by atoms with van der Waals surface area (Å²) in [5.41, 5.74) is 1.55. The number of nitriles is 1. The second kappa shape index (κ2) is 6.35. The predicted molar refractivity (Wildman–Crippen MR) is 81.0 cm³/mol. The molecule has 0 bridgehead atoms. The number of rotatable bonds is 5. The fourth-order valence-corrected chi connectivity index (χ4v) is 3.26. The van der Waals surface area contributed by atoms with Crippen LogP contribution in [0.25, 0.3) is 0 Å². The summed E-state index contributed by atoms with van der Waals surface area (Å²) in [7, 11) is 0. The van der Waals surface area contributed by atoms with Gasteiger partial charge in [0.2, 0.25) is 5.91 Å². The van der Waals surface area contributed by atoms with E-state index in [0.29, 0.717) is 23.2 Å². The molecule has 0 spiro atoms. The van der Waals surface area contributed by atoms with Gasteiger partial charge in [0, 0.05) is 24.0 Å². The number of nitrogens with zero attached hydrogens (tertiary/aromatic N) is 2. The molecule has 1 aliphatic heterocycles. The summed E-state index contributed by atoms with van der Waals surface area (Å²) in [6.45, 7) is 9.07. The lowest BCUT2D eigenvalue weighted by atomic mass is 10.1. The number of nitrogens with one attached hydrogen (secondary N) is 2. The molecule has 20 heavy (non-hydrogen) atoms. The van der Waals surface area contributed by atoms with E-state index < -0.39 is 0 Å². The average Bonchev–Trinajstić information content (AvgIpc) is 2.61. The number of amides is 1. The molecule has 1 amide bonds. The molecule has 0 saturated carbocycles. The summed E-state index contributed by atoms with van der Waals surface area (Å²) in [6.07, 6.45) is 0. The smallest absolute Gasteiger partial charge is 0.239 e. The fourth-order valence-electron chi connectivity index (χ4n) is 2.23. The largest absolute Gasteiger partial charge is 0.315 e. The predicted octanol–water partition coefficient (Wildman–Crippen LogP) is 1.47. The maximum atomic E-state index is 12.1. The monoisotopic (exact) mass is 292 g/mol. The Morgan fingerprint density at radius 2 is 2.25 bits per heavy atom. The zero-order valence-corrected chi connectivity index (χ0v) is 12.9. The SMILES string of the molecule is CCN(CC(=O)Nc1sc(C)c(C)c1C#N)C1CNC1. The number of hydrogen-bond acceptors (Lipinski definition) is 5. The number of anilines is 1. The number of aryl methyl sites for hydroxylation is 1. The molecule has 0 aliphatic carbocycles. The van der Waals surface area contributed by atoms with E-state index in [1.165, 1.54) is 11.3 Å². The normalized spacial score (nSPS) is 14.9. The number of thiophene rings is 1. The van der Waals surface area contributed by atoms with Crippen LogP contribution >= 0.6 is 11.3 Å². The highest BCUT2D eigenvalue weighted by atomic mass is 32.1. The van der Waals surface area contributed by atoms with Crippen LogP contribution in [0.2, 0.25) is 0 Å². The maximum Gasteiger partial charge on any atom is 0.239 e. The molecule has 6 heteroatoms. The summed E-state index contributed by atoms with van der Waals surface area (Å²) >= 11 is 1.47. The van der Waals surface area contributed by atoms with E-state index in [4.69, 9.17) is 0 Å². The maximum absolute atomic E-state index is 12.1. The van der Waals surface area contributed by atoms with Crippen molar-refractivity contribution in [2.24, 2.45) is 0 Å². The van der Waals surface area contributed by atoms with Gasteiger partial charge >= 0.3 is 0 Å². The van der Waals surface area contributed by atoms with Crippen molar-refractivity contribution in [2.45, 2.75) is 26.8 Å². The molecular weight excluding hydrogens is 272 g/mol. The molecule has 5 nitrogen and oxygen atoms in total. The van der Waals surface area contributed by atoms with Gasteiger partial charge in [-0.15, -0.1) is 11.3 Å².